The number of aromatic nitrogens is 2. The molecule has 0 atom stereocenters. The van der Waals surface area contributed by atoms with Crippen LogP contribution in [-0.4, -0.2) is 16.5 Å². The topological polar surface area (TPSA) is 37.8 Å². The fraction of sp³-hybridized carbons (Fsp3) is 0.250. The highest BCUT2D eigenvalue weighted by Crippen LogP contribution is 2.31. The van der Waals surface area contributed by atoms with E-state index in [1.54, 1.807) is 11.3 Å². The van der Waals surface area contributed by atoms with E-state index in [1.165, 1.54) is 12.8 Å². The average Bonchev–Trinajstić information content (AvgIpc) is 3.15. The first-order chi connectivity index (χ1) is 9.90. The summed E-state index contributed by atoms with van der Waals surface area (Å²) in [5.41, 5.74) is 1.00. The van der Waals surface area contributed by atoms with E-state index in [1.807, 2.05) is 18.2 Å². The van der Waals surface area contributed by atoms with Crippen LogP contribution in [0.5, 0.6) is 0 Å². The number of thiophene rings is 1. The summed E-state index contributed by atoms with van der Waals surface area (Å²) in [5, 5.41) is 6.67. The molecule has 0 unspecified atom stereocenters. The van der Waals surface area contributed by atoms with Gasteiger partial charge in [-0.15, -0.1) is 11.3 Å². The maximum absolute atomic E-state index is 4.73. The standard InChI is InChI=1S/C16H15N3S/c1-2-5-13-12(4-1)15(17-10-11-7-8-11)19-16(18-13)14-6-3-9-20-14/h1-6,9,11H,7-8,10H2,(H,17,18,19). The minimum atomic E-state index is 0.817. The van der Waals surface area contributed by atoms with Crippen LogP contribution in [0, 0.1) is 5.92 Å². The molecule has 1 N–H and O–H groups in total. The molecule has 1 aliphatic rings. The van der Waals surface area contributed by atoms with Crippen LogP contribution in [0.4, 0.5) is 5.82 Å². The molecule has 0 bridgehead atoms. The molecule has 1 aromatic carbocycles. The Balaban J connectivity index is 1.80. The van der Waals surface area contributed by atoms with Crippen LogP contribution in [0.1, 0.15) is 12.8 Å². The molecule has 0 spiro atoms. The number of benzene rings is 1. The van der Waals surface area contributed by atoms with Gasteiger partial charge in [-0.1, -0.05) is 18.2 Å². The molecule has 4 rings (SSSR count). The summed E-state index contributed by atoms with van der Waals surface area (Å²) in [6.07, 6.45) is 2.68. The Labute approximate surface area is 121 Å². The van der Waals surface area contributed by atoms with Crippen molar-refractivity contribution in [2.24, 2.45) is 5.92 Å². The highest BCUT2D eigenvalue weighted by molar-refractivity contribution is 7.13. The van der Waals surface area contributed by atoms with Gasteiger partial charge in [-0.25, -0.2) is 9.97 Å². The zero-order valence-corrected chi connectivity index (χ0v) is 11.9. The Morgan fingerprint density at radius 1 is 1.10 bits per heavy atom. The van der Waals surface area contributed by atoms with Gasteiger partial charge in [0.15, 0.2) is 5.82 Å². The van der Waals surface area contributed by atoms with E-state index in [2.05, 4.69) is 33.9 Å². The minimum Gasteiger partial charge on any atom is -0.369 e. The summed E-state index contributed by atoms with van der Waals surface area (Å²) >= 11 is 1.68. The zero-order valence-electron chi connectivity index (χ0n) is 11.0. The van der Waals surface area contributed by atoms with Crippen molar-refractivity contribution in [2.45, 2.75) is 12.8 Å². The number of fused-ring (bicyclic) bond motifs is 1. The van der Waals surface area contributed by atoms with Crippen molar-refractivity contribution in [3.63, 3.8) is 0 Å². The van der Waals surface area contributed by atoms with Gasteiger partial charge in [0, 0.05) is 11.9 Å². The third-order valence-corrected chi connectivity index (χ3v) is 4.47. The van der Waals surface area contributed by atoms with Crippen molar-refractivity contribution in [1.29, 1.82) is 0 Å². The van der Waals surface area contributed by atoms with E-state index in [0.717, 1.165) is 39.9 Å². The molecule has 3 aromatic rings. The first kappa shape index (κ1) is 11.9. The fourth-order valence-electron chi connectivity index (χ4n) is 2.29. The van der Waals surface area contributed by atoms with E-state index < -0.39 is 0 Å². The summed E-state index contributed by atoms with van der Waals surface area (Å²) in [6.45, 7) is 1.02. The van der Waals surface area contributed by atoms with Crippen molar-refractivity contribution in [3.8, 4) is 10.7 Å². The molecule has 0 radical (unpaired) electrons. The van der Waals surface area contributed by atoms with Gasteiger partial charge in [0.05, 0.1) is 10.4 Å². The summed E-state index contributed by atoms with van der Waals surface area (Å²) in [4.78, 5) is 10.5. The number of nitrogens with zero attached hydrogens (tertiary/aromatic N) is 2. The van der Waals surface area contributed by atoms with Crippen LogP contribution >= 0.6 is 11.3 Å². The minimum absolute atomic E-state index is 0.817. The van der Waals surface area contributed by atoms with E-state index in [0.29, 0.717) is 0 Å². The third kappa shape index (κ3) is 2.27. The molecule has 1 aliphatic carbocycles. The van der Waals surface area contributed by atoms with Crippen molar-refractivity contribution in [3.05, 3.63) is 41.8 Å². The van der Waals surface area contributed by atoms with E-state index in [9.17, 15) is 0 Å². The Bertz CT molecular complexity index is 733. The monoisotopic (exact) mass is 281 g/mol. The molecule has 20 heavy (non-hydrogen) atoms. The second-order valence-corrected chi connectivity index (χ2v) is 6.16. The van der Waals surface area contributed by atoms with Crippen LogP contribution in [0.2, 0.25) is 0 Å². The number of anilines is 1. The molecule has 0 saturated heterocycles. The van der Waals surface area contributed by atoms with Crippen LogP contribution in [0.25, 0.3) is 21.6 Å². The highest BCUT2D eigenvalue weighted by atomic mass is 32.1. The van der Waals surface area contributed by atoms with E-state index >= 15 is 0 Å². The molecule has 2 heterocycles. The lowest BCUT2D eigenvalue weighted by Crippen LogP contribution is -2.06. The van der Waals surface area contributed by atoms with Gasteiger partial charge in [-0.2, -0.15) is 0 Å². The van der Waals surface area contributed by atoms with Crippen LogP contribution in [-0.2, 0) is 0 Å². The molecule has 2 aromatic heterocycles. The van der Waals surface area contributed by atoms with Gasteiger partial charge in [0.2, 0.25) is 0 Å². The number of para-hydroxylation sites is 1. The Kier molecular flexibility index (Phi) is 2.89. The molecule has 3 nitrogen and oxygen atoms in total. The molecule has 100 valence electrons. The lowest BCUT2D eigenvalue weighted by molar-refractivity contribution is 0.884. The smallest absolute Gasteiger partial charge is 0.172 e. The van der Waals surface area contributed by atoms with Gasteiger partial charge >= 0.3 is 0 Å². The van der Waals surface area contributed by atoms with Crippen molar-refractivity contribution < 1.29 is 0 Å². The van der Waals surface area contributed by atoms with Gasteiger partial charge in [-0.05, 0) is 42.3 Å². The predicted molar refractivity (Wildman–Crippen MR) is 84.1 cm³/mol. The number of hydrogen-bond donors (Lipinski definition) is 1. The van der Waals surface area contributed by atoms with Crippen molar-refractivity contribution in [1.82, 2.24) is 9.97 Å². The third-order valence-electron chi connectivity index (χ3n) is 3.60. The summed E-state index contributed by atoms with van der Waals surface area (Å²) < 4.78 is 0. The first-order valence-corrected chi connectivity index (χ1v) is 7.82. The van der Waals surface area contributed by atoms with Gasteiger partial charge < -0.3 is 5.32 Å². The zero-order chi connectivity index (χ0) is 13.4. The lowest BCUT2D eigenvalue weighted by Gasteiger charge is -2.09. The largest absolute Gasteiger partial charge is 0.369 e. The maximum atomic E-state index is 4.73. The number of nitrogens with one attached hydrogen (secondary N) is 1. The molecule has 4 heteroatoms. The Morgan fingerprint density at radius 2 is 2.00 bits per heavy atom. The van der Waals surface area contributed by atoms with Gasteiger partial charge in [0.1, 0.15) is 5.82 Å². The predicted octanol–water partition coefficient (Wildman–Crippen LogP) is 4.18. The van der Waals surface area contributed by atoms with Crippen LogP contribution in [0.3, 0.4) is 0 Å². The summed E-state index contributed by atoms with van der Waals surface area (Å²) in [7, 11) is 0. The quantitative estimate of drug-likeness (QED) is 0.779. The second kappa shape index (κ2) is 4.87. The van der Waals surface area contributed by atoms with Crippen LogP contribution in [0.15, 0.2) is 41.8 Å². The number of rotatable bonds is 4. The maximum Gasteiger partial charge on any atom is 0.172 e. The Hall–Kier alpha value is -1.94. The normalized spacial score (nSPS) is 14.6. The molecule has 0 aliphatic heterocycles. The molecule has 0 amide bonds. The molecular formula is C16H15N3S. The van der Waals surface area contributed by atoms with Gasteiger partial charge in [-0.3, -0.25) is 0 Å². The second-order valence-electron chi connectivity index (χ2n) is 5.21. The fourth-order valence-corrected chi connectivity index (χ4v) is 2.95. The molecule has 1 fully saturated rings. The first-order valence-electron chi connectivity index (χ1n) is 6.95. The van der Waals surface area contributed by atoms with Crippen LogP contribution < -0.4 is 5.32 Å². The SMILES string of the molecule is c1csc(-c2nc(NCC3CC3)c3ccccc3n2)c1. The van der Waals surface area contributed by atoms with E-state index in [-0.39, 0.29) is 0 Å². The van der Waals surface area contributed by atoms with Crippen molar-refractivity contribution in [2.75, 3.05) is 11.9 Å². The lowest BCUT2D eigenvalue weighted by atomic mass is 10.2. The summed E-state index contributed by atoms with van der Waals surface area (Å²) in [6, 6.07) is 12.3. The van der Waals surface area contributed by atoms with Gasteiger partial charge in [0.25, 0.3) is 0 Å². The van der Waals surface area contributed by atoms with Crippen molar-refractivity contribution >= 4 is 28.1 Å². The summed E-state index contributed by atoms with van der Waals surface area (Å²) in [5.74, 6) is 2.61. The average molecular weight is 281 g/mol. The molecule has 1 saturated carbocycles. The Morgan fingerprint density at radius 3 is 2.80 bits per heavy atom. The van der Waals surface area contributed by atoms with E-state index in [4.69, 9.17) is 4.98 Å². The number of hydrogen-bond acceptors (Lipinski definition) is 4. The molecular weight excluding hydrogens is 266 g/mol. The highest BCUT2D eigenvalue weighted by Gasteiger charge is 2.21.